The summed E-state index contributed by atoms with van der Waals surface area (Å²) in [6.45, 7) is 6.89. The van der Waals surface area contributed by atoms with Crippen LogP contribution in [0.25, 0.3) is 0 Å². The molecule has 2 rings (SSSR count). The summed E-state index contributed by atoms with van der Waals surface area (Å²) in [4.78, 5) is 6.08. The van der Waals surface area contributed by atoms with Crippen LogP contribution in [0.4, 0.5) is 0 Å². The average molecular weight is 290 g/mol. The third-order valence-corrected chi connectivity index (χ3v) is 4.18. The van der Waals surface area contributed by atoms with Crippen molar-refractivity contribution in [2.45, 2.75) is 33.2 Å². The summed E-state index contributed by atoms with van der Waals surface area (Å²) in [7, 11) is 0. The van der Waals surface area contributed by atoms with E-state index in [2.05, 4.69) is 19.2 Å². The van der Waals surface area contributed by atoms with Crippen LogP contribution in [0.3, 0.4) is 0 Å². The summed E-state index contributed by atoms with van der Waals surface area (Å²) in [6, 6.07) is 9.94. The Kier molecular flexibility index (Phi) is 6.02. The molecule has 1 heterocycles. The van der Waals surface area contributed by atoms with Crippen LogP contribution in [0.1, 0.15) is 29.4 Å². The lowest BCUT2D eigenvalue weighted by atomic mass is 10.3. The van der Waals surface area contributed by atoms with Crippen LogP contribution >= 0.6 is 11.3 Å². The van der Waals surface area contributed by atoms with Gasteiger partial charge < -0.3 is 10.1 Å². The third-order valence-electron chi connectivity index (χ3n) is 3.02. The summed E-state index contributed by atoms with van der Waals surface area (Å²) in [5.41, 5.74) is 1.23. The maximum Gasteiger partial charge on any atom is 0.119 e. The predicted octanol–water partition coefficient (Wildman–Crippen LogP) is 3.44. The van der Waals surface area contributed by atoms with Crippen LogP contribution in [-0.4, -0.2) is 18.1 Å². The maximum absolute atomic E-state index is 5.72. The van der Waals surface area contributed by atoms with Gasteiger partial charge in [0.05, 0.1) is 17.3 Å². The molecule has 0 unspecified atom stereocenters. The fraction of sp³-hybridized carbons (Fsp3) is 0.438. The Hall–Kier alpha value is -1.39. The molecule has 0 saturated heterocycles. The van der Waals surface area contributed by atoms with Gasteiger partial charge in [0.15, 0.2) is 0 Å². The molecule has 0 aliphatic rings. The van der Waals surface area contributed by atoms with Crippen molar-refractivity contribution in [1.82, 2.24) is 10.3 Å². The number of nitrogens with one attached hydrogen (secondary N) is 1. The molecule has 2 aromatic rings. The topological polar surface area (TPSA) is 34.1 Å². The smallest absolute Gasteiger partial charge is 0.119 e. The molecule has 0 bridgehead atoms. The van der Waals surface area contributed by atoms with E-state index < -0.39 is 0 Å². The Morgan fingerprint density at radius 2 is 2.00 bits per heavy atom. The number of thiazole rings is 1. The normalized spacial score (nSPS) is 10.7. The highest BCUT2D eigenvalue weighted by Crippen LogP contribution is 2.20. The summed E-state index contributed by atoms with van der Waals surface area (Å²) in [5, 5.41) is 4.55. The molecular weight excluding hydrogens is 268 g/mol. The van der Waals surface area contributed by atoms with Gasteiger partial charge in [-0.1, -0.05) is 32.0 Å². The van der Waals surface area contributed by atoms with E-state index in [9.17, 15) is 0 Å². The molecule has 0 radical (unpaired) electrons. The molecule has 4 heteroatoms. The molecule has 1 aromatic carbocycles. The Balaban J connectivity index is 1.87. The van der Waals surface area contributed by atoms with Gasteiger partial charge in [-0.2, -0.15) is 0 Å². The zero-order valence-corrected chi connectivity index (χ0v) is 13.0. The highest BCUT2D eigenvalue weighted by atomic mass is 32.1. The van der Waals surface area contributed by atoms with Gasteiger partial charge in [-0.05, 0) is 25.1 Å². The van der Waals surface area contributed by atoms with E-state index in [1.807, 2.05) is 30.3 Å². The van der Waals surface area contributed by atoms with E-state index in [0.717, 1.165) is 31.7 Å². The number of para-hydroxylation sites is 1. The number of rotatable bonds is 8. The molecule has 0 spiro atoms. The van der Waals surface area contributed by atoms with Crippen LogP contribution < -0.4 is 10.1 Å². The van der Waals surface area contributed by atoms with Crippen LogP contribution in [0.5, 0.6) is 5.75 Å². The molecule has 0 amide bonds. The van der Waals surface area contributed by atoms with Crippen LogP contribution in [0.15, 0.2) is 30.3 Å². The first kappa shape index (κ1) is 15.0. The fourth-order valence-electron chi connectivity index (χ4n) is 1.97. The van der Waals surface area contributed by atoms with Gasteiger partial charge in [-0.3, -0.25) is 0 Å². The van der Waals surface area contributed by atoms with Gasteiger partial charge in [-0.15, -0.1) is 11.3 Å². The van der Waals surface area contributed by atoms with Gasteiger partial charge >= 0.3 is 0 Å². The Labute approximate surface area is 125 Å². The van der Waals surface area contributed by atoms with E-state index in [1.54, 1.807) is 11.3 Å². The molecule has 0 aliphatic carbocycles. The number of nitrogens with zero attached hydrogens (tertiary/aromatic N) is 1. The summed E-state index contributed by atoms with van der Waals surface area (Å²) in [5.74, 6) is 0.924. The highest BCUT2D eigenvalue weighted by molar-refractivity contribution is 7.11. The first-order valence-corrected chi connectivity index (χ1v) is 8.01. The summed E-state index contributed by atoms with van der Waals surface area (Å²) >= 11 is 1.81. The Bertz CT molecular complexity index is 510. The Morgan fingerprint density at radius 1 is 1.20 bits per heavy atom. The minimum Gasteiger partial charge on any atom is -0.493 e. The first-order chi connectivity index (χ1) is 9.83. The van der Waals surface area contributed by atoms with Gasteiger partial charge in [0, 0.05) is 17.8 Å². The minimum atomic E-state index is 0.682. The van der Waals surface area contributed by atoms with Crippen molar-refractivity contribution >= 4 is 11.3 Å². The van der Waals surface area contributed by atoms with Gasteiger partial charge in [0.2, 0.25) is 0 Å². The quantitative estimate of drug-likeness (QED) is 0.808. The van der Waals surface area contributed by atoms with Crippen LogP contribution in [0, 0.1) is 0 Å². The second-order valence-corrected chi connectivity index (χ2v) is 5.69. The number of hydrogen-bond donors (Lipinski definition) is 1. The van der Waals surface area contributed by atoms with Crippen molar-refractivity contribution in [2.24, 2.45) is 0 Å². The molecule has 0 fully saturated rings. The van der Waals surface area contributed by atoms with Crippen molar-refractivity contribution in [3.05, 3.63) is 45.9 Å². The van der Waals surface area contributed by atoms with Crippen molar-refractivity contribution in [1.29, 1.82) is 0 Å². The monoisotopic (exact) mass is 290 g/mol. The van der Waals surface area contributed by atoms with Crippen molar-refractivity contribution in [2.75, 3.05) is 13.2 Å². The summed E-state index contributed by atoms with van der Waals surface area (Å²) < 4.78 is 5.72. The minimum absolute atomic E-state index is 0.682. The zero-order chi connectivity index (χ0) is 14.2. The van der Waals surface area contributed by atoms with E-state index in [4.69, 9.17) is 9.72 Å². The van der Waals surface area contributed by atoms with Crippen molar-refractivity contribution in [3.8, 4) is 5.75 Å². The average Bonchev–Trinajstić information content (AvgIpc) is 2.88. The van der Waals surface area contributed by atoms with E-state index in [1.165, 1.54) is 15.6 Å². The third kappa shape index (κ3) is 4.32. The van der Waals surface area contributed by atoms with Crippen LogP contribution in [0.2, 0.25) is 0 Å². The van der Waals surface area contributed by atoms with Gasteiger partial charge in [-0.25, -0.2) is 4.98 Å². The van der Waals surface area contributed by atoms with E-state index >= 15 is 0 Å². The molecule has 108 valence electrons. The number of aromatic nitrogens is 1. The summed E-state index contributed by atoms with van der Waals surface area (Å²) in [6.07, 6.45) is 1.87. The Morgan fingerprint density at radius 3 is 2.70 bits per heavy atom. The largest absolute Gasteiger partial charge is 0.493 e. The lowest BCUT2D eigenvalue weighted by Crippen LogP contribution is -2.11. The number of hydrogen-bond acceptors (Lipinski definition) is 4. The van der Waals surface area contributed by atoms with E-state index in [0.29, 0.717) is 6.61 Å². The van der Waals surface area contributed by atoms with Gasteiger partial charge in [0.25, 0.3) is 0 Å². The molecule has 0 aliphatic heterocycles. The van der Waals surface area contributed by atoms with Crippen molar-refractivity contribution in [3.63, 3.8) is 0 Å². The van der Waals surface area contributed by atoms with Crippen molar-refractivity contribution < 1.29 is 4.74 Å². The molecule has 20 heavy (non-hydrogen) atoms. The number of benzene rings is 1. The molecule has 0 atom stereocenters. The molecule has 1 aromatic heterocycles. The molecule has 1 N–H and O–H groups in total. The molecular formula is C16H22N2OS. The predicted molar refractivity (Wildman–Crippen MR) is 84.5 cm³/mol. The fourth-order valence-corrected chi connectivity index (χ4v) is 3.08. The number of ether oxygens (including phenoxy) is 1. The highest BCUT2D eigenvalue weighted by Gasteiger charge is 2.09. The lowest BCUT2D eigenvalue weighted by Gasteiger charge is -2.03. The SMILES string of the molecule is CCNCc1sc(CCOc2ccccc2)nc1CC. The standard InChI is InChI=1S/C16H22N2OS/c1-3-14-15(12-17-4-2)20-16(18-14)10-11-19-13-8-6-5-7-9-13/h5-9,17H,3-4,10-12H2,1-2H3. The second kappa shape index (κ2) is 8.02. The second-order valence-electron chi connectivity index (χ2n) is 4.52. The number of aryl methyl sites for hydroxylation is 1. The molecule has 3 nitrogen and oxygen atoms in total. The maximum atomic E-state index is 5.72. The first-order valence-electron chi connectivity index (χ1n) is 7.19. The van der Waals surface area contributed by atoms with Crippen LogP contribution in [-0.2, 0) is 19.4 Å². The van der Waals surface area contributed by atoms with E-state index in [-0.39, 0.29) is 0 Å². The van der Waals surface area contributed by atoms with Gasteiger partial charge in [0.1, 0.15) is 5.75 Å². The zero-order valence-electron chi connectivity index (χ0n) is 12.2. The molecule has 0 saturated carbocycles. The lowest BCUT2D eigenvalue weighted by molar-refractivity contribution is 0.321.